The zero-order chi connectivity index (χ0) is 20.3. The largest absolute Gasteiger partial charge is 0.493 e. The number of imide groups is 1. The molecule has 1 saturated heterocycles. The van der Waals surface area contributed by atoms with Gasteiger partial charge < -0.3 is 14.8 Å². The highest BCUT2D eigenvalue weighted by molar-refractivity contribution is 6.31. The van der Waals surface area contributed by atoms with Crippen LogP contribution in [0.25, 0.3) is 0 Å². The van der Waals surface area contributed by atoms with Gasteiger partial charge in [-0.15, -0.1) is 0 Å². The van der Waals surface area contributed by atoms with Crippen molar-refractivity contribution in [2.75, 3.05) is 26.1 Å². The quantitative estimate of drug-likeness (QED) is 0.715. The number of hydrogen-bond donors (Lipinski definition) is 1. The van der Waals surface area contributed by atoms with Crippen molar-refractivity contribution in [1.82, 2.24) is 4.90 Å². The molecule has 28 heavy (non-hydrogen) atoms. The molecule has 1 heterocycles. The molecule has 0 spiro atoms. The maximum absolute atomic E-state index is 13.3. The molecule has 0 aromatic heterocycles. The summed E-state index contributed by atoms with van der Waals surface area (Å²) in [5, 5.41) is 2.90. The van der Waals surface area contributed by atoms with E-state index < -0.39 is 11.9 Å². The van der Waals surface area contributed by atoms with Crippen molar-refractivity contribution < 1.29 is 23.5 Å². The minimum absolute atomic E-state index is 0.0414. The summed E-state index contributed by atoms with van der Waals surface area (Å²) >= 11 is 5.76. The normalized spacial score (nSPS) is 16.4. The molecule has 8 heteroatoms. The van der Waals surface area contributed by atoms with Crippen molar-refractivity contribution >= 4 is 29.1 Å². The van der Waals surface area contributed by atoms with Gasteiger partial charge in [0.1, 0.15) is 11.9 Å². The summed E-state index contributed by atoms with van der Waals surface area (Å²) in [5.74, 6) is 0.0910. The molecule has 2 aromatic carbocycles. The Labute approximate surface area is 167 Å². The van der Waals surface area contributed by atoms with E-state index in [4.69, 9.17) is 21.1 Å². The van der Waals surface area contributed by atoms with Gasteiger partial charge in [-0.1, -0.05) is 17.7 Å². The molecular formula is C20H20ClFN2O4. The maximum Gasteiger partial charge on any atom is 0.252 e. The molecule has 1 aliphatic heterocycles. The van der Waals surface area contributed by atoms with Crippen LogP contribution < -0.4 is 14.8 Å². The first-order valence-electron chi connectivity index (χ1n) is 8.69. The highest BCUT2D eigenvalue weighted by Gasteiger charge is 2.38. The van der Waals surface area contributed by atoms with Crippen molar-refractivity contribution in [1.29, 1.82) is 0 Å². The van der Waals surface area contributed by atoms with E-state index in [0.29, 0.717) is 23.6 Å². The number of likely N-dealkylation sites (tertiary alicyclic amines) is 1. The van der Waals surface area contributed by atoms with Crippen LogP contribution in [-0.2, 0) is 16.0 Å². The Morgan fingerprint density at radius 2 is 1.89 bits per heavy atom. The van der Waals surface area contributed by atoms with Crippen molar-refractivity contribution in [3.8, 4) is 11.5 Å². The number of carbonyl (C=O) groups excluding carboxylic acids is 2. The number of halogens is 2. The summed E-state index contributed by atoms with van der Waals surface area (Å²) in [6, 6.07) is 8.85. The predicted octanol–water partition coefficient (Wildman–Crippen LogP) is 3.28. The highest BCUT2D eigenvalue weighted by Crippen LogP contribution is 2.28. The maximum atomic E-state index is 13.3. The fraction of sp³-hybridized carbons (Fsp3) is 0.300. The van der Waals surface area contributed by atoms with Crippen molar-refractivity contribution in [3.63, 3.8) is 0 Å². The molecule has 1 N–H and O–H groups in total. The molecule has 0 saturated carbocycles. The van der Waals surface area contributed by atoms with Crippen LogP contribution in [0, 0.1) is 5.82 Å². The van der Waals surface area contributed by atoms with Crippen LogP contribution in [0.5, 0.6) is 11.5 Å². The van der Waals surface area contributed by atoms with E-state index in [9.17, 15) is 14.0 Å². The summed E-state index contributed by atoms with van der Waals surface area (Å²) in [6.45, 7) is 0.259. The van der Waals surface area contributed by atoms with Gasteiger partial charge in [-0.25, -0.2) is 4.39 Å². The zero-order valence-corrected chi connectivity index (χ0v) is 16.3. The van der Waals surface area contributed by atoms with E-state index in [1.54, 1.807) is 20.3 Å². The first-order chi connectivity index (χ1) is 13.4. The summed E-state index contributed by atoms with van der Waals surface area (Å²) in [7, 11) is 3.10. The monoisotopic (exact) mass is 406 g/mol. The van der Waals surface area contributed by atoms with Gasteiger partial charge in [0.05, 0.1) is 25.7 Å². The Morgan fingerprint density at radius 1 is 1.14 bits per heavy atom. The van der Waals surface area contributed by atoms with E-state index in [2.05, 4.69) is 5.32 Å². The molecule has 1 atom stereocenters. The number of ether oxygens (including phenoxy) is 2. The molecule has 0 radical (unpaired) electrons. The number of carbonyl (C=O) groups is 2. The molecule has 1 aliphatic rings. The minimum atomic E-state index is -0.695. The van der Waals surface area contributed by atoms with Gasteiger partial charge in [0, 0.05) is 12.2 Å². The lowest BCUT2D eigenvalue weighted by Gasteiger charge is -2.17. The number of benzene rings is 2. The van der Waals surface area contributed by atoms with E-state index in [1.165, 1.54) is 23.1 Å². The molecule has 148 valence electrons. The molecule has 6 nitrogen and oxygen atoms in total. The van der Waals surface area contributed by atoms with Crippen molar-refractivity contribution in [2.45, 2.75) is 18.9 Å². The van der Waals surface area contributed by atoms with Gasteiger partial charge >= 0.3 is 0 Å². The van der Waals surface area contributed by atoms with Gasteiger partial charge in [-0.05, 0) is 42.3 Å². The van der Waals surface area contributed by atoms with Gasteiger partial charge in [0.15, 0.2) is 11.5 Å². The van der Waals surface area contributed by atoms with Crippen LogP contribution in [0.15, 0.2) is 36.4 Å². The molecule has 2 amide bonds. The lowest BCUT2D eigenvalue weighted by molar-refractivity contribution is -0.138. The third kappa shape index (κ3) is 4.20. The fourth-order valence-corrected chi connectivity index (χ4v) is 3.28. The number of amides is 2. The number of rotatable bonds is 7. The predicted molar refractivity (Wildman–Crippen MR) is 103 cm³/mol. The fourth-order valence-electron chi connectivity index (χ4n) is 3.09. The topological polar surface area (TPSA) is 67.9 Å². The van der Waals surface area contributed by atoms with Crippen molar-refractivity contribution in [3.05, 3.63) is 52.8 Å². The van der Waals surface area contributed by atoms with Crippen LogP contribution in [0.4, 0.5) is 10.1 Å². The summed E-state index contributed by atoms with van der Waals surface area (Å²) in [4.78, 5) is 26.1. The van der Waals surface area contributed by atoms with Crippen LogP contribution in [0.3, 0.4) is 0 Å². The SMILES string of the molecule is COc1ccc(CCN2C(=O)C[C@H](Nc3ccc(F)c(Cl)c3)C2=O)cc1OC. The number of nitrogens with one attached hydrogen (secondary N) is 1. The summed E-state index contributed by atoms with van der Waals surface area (Å²) in [6.07, 6.45) is 0.534. The lowest BCUT2D eigenvalue weighted by atomic mass is 10.1. The molecule has 2 aromatic rings. The van der Waals surface area contributed by atoms with E-state index in [0.717, 1.165) is 5.56 Å². The second-order valence-corrected chi connectivity index (χ2v) is 6.76. The molecule has 0 unspecified atom stereocenters. The Kier molecular flexibility index (Phi) is 6.04. The summed E-state index contributed by atoms with van der Waals surface area (Å²) < 4.78 is 23.7. The first-order valence-corrected chi connectivity index (χ1v) is 9.07. The Balaban J connectivity index is 1.64. The number of nitrogens with zero attached hydrogens (tertiary/aromatic N) is 1. The third-order valence-electron chi connectivity index (χ3n) is 4.58. The van der Waals surface area contributed by atoms with Gasteiger partial charge in [0.25, 0.3) is 5.91 Å². The van der Waals surface area contributed by atoms with Crippen molar-refractivity contribution in [2.24, 2.45) is 0 Å². The Hall–Kier alpha value is -2.80. The number of methoxy groups -OCH3 is 2. The molecule has 0 bridgehead atoms. The molecule has 0 aliphatic carbocycles. The van der Waals surface area contributed by atoms with Crippen LogP contribution in [0.2, 0.25) is 5.02 Å². The lowest BCUT2D eigenvalue weighted by Crippen LogP contribution is -2.36. The van der Waals surface area contributed by atoms with Gasteiger partial charge in [-0.2, -0.15) is 0 Å². The van der Waals surface area contributed by atoms with E-state index in [1.807, 2.05) is 12.1 Å². The summed E-state index contributed by atoms with van der Waals surface area (Å²) in [5.41, 5.74) is 1.40. The van der Waals surface area contributed by atoms with E-state index in [-0.39, 0.29) is 29.8 Å². The van der Waals surface area contributed by atoms with E-state index >= 15 is 0 Å². The third-order valence-corrected chi connectivity index (χ3v) is 4.87. The average molecular weight is 407 g/mol. The molecule has 3 rings (SSSR count). The Bertz CT molecular complexity index is 906. The van der Waals surface area contributed by atoms with Gasteiger partial charge in [-0.3, -0.25) is 14.5 Å². The standard InChI is InChI=1S/C20H20ClFN2O4/c1-27-17-6-3-12(9-18(17)28-2)7-8-24-19(25)11-16(20(24)26)23-13-4-5-15(22)14(21)10-13/h3-6,9-10,16,23H,7-8,11H2,1-2H3/t16-/m0/s1. The minimum Gasteiger partial charge on any atom is -0.493 e. The second-order valence-electron chi connectivity index (χ2n) is 6.35. The Morgan fingerprint density at radius 3 is 2.57 bits per heavy atom. The van der Waals surface area contributed by atoms with Crippen LogP contribution >= 0.6 is 11.6 Å². The average Bonchev–Trinajstić information content (AvgIpc) is 2.95. The highest BCUT2D eigenvalue weighted by atomic mass is 35.5. The van der Waals surface area contributed by atoms with Crippen LogP contribution in [0.1, 0.15) is 12.0 Å². The second kappa shape index (κ2) is 8.48. The number of anilines is 1. The van der Waals surface area contributed by atoms with Crippen LogP contribution in [-0.4, -0.2) is 43.5 Å². The van der Waals surface area contributed by atoms with Gasteiger partial charge in [0.2, 0.25) is 5.91 Å². The smallest absolute Gasteiger partial charge is 0.252 e. The number of hydrogen-bond acceptors (Lipinski definition) is 5. The molecular weight excluding hydrogens is 387 g/mol. The molecule has 1 fully saturated rings. The zero-order valence-electron chi connectivity index (χ0n) is 15.5. The first kappa shape index (κ1) is 19.9.